The first-order valence-electron chi connectivity index (χ1n) is 9.05. The molecule has 2 fully saturated rings. The topological polar surface area (TPSA) is 77.0 Å². The molecular formula is C18H25N5O2. The Hall–Kier alpha value is -2.18. The van der Waals surface area contributed by atoms with Gasteiger partial charge < -0.3 is 9.42 Å². The van der Waals surface area contributed by atoms with E-state index in [1.165, 1.54) is 6.42 Å². The molecule has 2 aliphatic rings. The number of carbonyl (C=O) groups excluding carboxylic acids is 1. The number of hydrogen-bond donors (Lipinski definition) is 0. The van der Waals surface area contributed by atoms with Gasteiger partial charge in [-0.05, 0) is 44.6 Å². The molecule has 0 aromatic carbocycles. The third-order valence-corrected chi connectivity index (χ3v) is 6.12. The van der Waals surface area contributed by atoms with E-state index in [9.17, 15) is 4.79 Å². The Kier molecular flexibility index (Phi) is 3.89. The van der Waals surface area contributed by atoms with Crippen molar-refractivity contribution in [3.63, 3.8) is 0 Å². The lowest BCUT2D eigenvalue weighted by Crippen LogP contribution is -2.35. The van der Waals surface area contributed by atoms with E-state index >= 15 is 0 Å². The maximum absolute atomic E-state index is 12.8. The largest absolute Gasteiger partial charge is 0.341 e. The Labute approximate surface area is 147 Å². The summed E-state index contributed by atoms with van der Waals surface area (Å²) in [5.41, 5.74) is 2.16. The number of likely N-dealkylation sites (tertiary alicyclic amines) is 1. The predicted molar refractivity (Wildman–Crippen MR) is 90.9 cm³/mol. The van der Waals surface area contributed by atoms with Crippen LogP contribution in [0.2, 0.25) is 0 Å². The molecule has 1 amide bonds. The monoisotopic (exact) mass is 343 g/mol. The van der Waals surface area contributed by atoms with E-state index < -0.39 is 0 Å². The molecule has 1 saturated carbocycles. The van der Waals surface area contributed by atoms with E-state index in [-0.39, 0.29) is 11.3 Å². The van der Waals surface area contributed by atoms with Crippen LogP contribution in [0.25, 0.3) is 0 Å². The van der Waals surface area contributed by atoms with Crippen LogP contribution in [0.4, 0.5) is 0 Å². The molecule has 0 unspecified atom stereocenters. The molecule has 0 bridgehead atoms. The van der Waals surface area contributed by atoms with Crippen molar-refractivity contribution in [2.75, 3.05) is 13.1 Å². The number of rotatable bonds is 4. The maximum atomic E-state index is 12.8. The van der Waals surface area contributed by atoms with Gasteiger partial charge in [-0.2, -0.15) is 10.1 Å². The highest BCUT2D eigenvalue weighted by Gasteiger charge is 2.54. The minimum atomic E-state index is -0.124. The van der Waals surface area contributed by atoms with Crippen molar-refractivity contribution in [2.24, 2.45) is 13.0 Å². The third-order valence-electron chi connectivity index (χ3n) is 6.12. The lowest BCUT2D eigenvalue weighted by atomic mass is 9.80. The number of aryl methyl sites for hydroxylation is 3. The van der Waals surface area contributed by atoms with Gasteiger partial charge in [-0.3, -0.25) is 9.48 Å². The summed E-state index contributed by atoms with van der Waals surface area (Å²) in [5.74, 6) is 2.06. The van der Waals surface area contributed by atoms with Crippen LogP contribution in [0.5, 0.6) is 0 Å². The van der Waals surface area contributed by atoms with Crippen LogP contribution in [0.3, 0.4) is 0 Å². The molecular weight excluding hydrogens is 318 g/mol. The Morgan fingerprint density at radius 3 is 2.96 bits per heavy atom. The minimum Gasteiger partial charge on any atom is -0.341 e. The first-order valence-corrected chi connectivity index (χ1v) is 9.05. The Balaban J connectivity index is 1.46. The summed E-state index contributed by atoms with van der Waals surface area (Å²) in [6.45, 7) is 5.41. The van der Waals surface area contributed by atoms with Gasteiger partial charge in [-0.1, -0.05) is 11.6 Å². The second-order valence-electron chi connectivity index (χ2n) is 7.55. The fourth-order valence-electron chi connectivity index (χ4n) is 4.52. The average Bonchev–Trinajstić information content (AvgIpc) is 3.31. The van der Waals surface area contributed by atoms with Gasteiger partial charge in [-0.25, -0.2) is 0 Å². The Morgan fingerprint density at radius 2 is 2.28 bits per heavy atom. The van der Waals surface area contributed by atoms with Gasteiger partial charge in [0, 0.05) is 32.3 Å². The van der Waals surface area contributed by atoms with Gasteiger partial charge in [0.15, 0.2) is 5.82 Å². The summed E-state index contributed by atoms with van der Waals surface area (Å²) in [4.78, 5) is 19.3. The Bertz CT molecular complexity index is 795. The van der Waals surface area contributed by atoms with Crippen molar-refractivity contribution < 1.29 is 9.32 Å². The van der Waals surface area contributed by atoms with Crippen molar-refractivity contribution >= 4 is 5.91 Å². The lowest BCUT2D eigenvalue weighted by molar-refractivity contribution is -0.130. The van der Waals surface area contributed by atoms with E-state index in [2.05, 4.69) is 15.2 Å². The van der Waals surface area contributed by atoms with Gasteiger partial charge in [0.1, 0.15) is 0 Å². The van der Waals surface area contributed by atoms with Crippen molar-refractivity contribution in [3.8, 4) is 0 Å². The van der Waals surface area contributed by atoms with E-state index in [0.29, 0.717) is 24.7 Å². The summed E-state index contributed by atoms with van der Waals surface area (Å²) in [6, 6.07) is 0. The van der Waals surface area contributed by atoms with Crippen LogP contribution >= 0.6 is 0 Å². The fourth-order valence-corrected chi connectivity index (χ4v) is 4.52. The predicted octanol–water partition coefficient (Wildman–Crippen LogP) is 1.93. The number of amides is 1. The van der Waals surface area contributed by atoms with Crippen molar-refractivity contribution in [3.05, 3.63) is 29.2 Å². The van der Waals surface area contributed by atoms with Crippen molar-refractivity contribution in [2.45, 2.75) is 51.4 Å². The molecule has 2 atom stereocenters. The van der Waals surface area contributed by atoms with E-state index in [0.717, 1.165) is 43.0 Å². The number of aromatic nitrogens is 4. The van der Waals surface area contributed by atoms with Crippen LogP contribution in [0.15, 0.2) is 10.7 Å². The number of carbonyl (C=O) groups is 1. The van der Waals surface area contributed by atoms with Crippen LogP contribution in [-0.4, -0.2) is 43.8 Å². The van der Waals surface area contributed by atoms with Crippen LogP contribution < -0.4 is 0 Å². The average molecular weight is 343 g/mol. The van der Waals surface area contributed by atoms with Gasteiger partial charge in [0.05, 0.1) is 11.6 Å². The first kappa shape index (κ1) is 16.3. The molecule has 2 aromatic rings. The molecule has 7 nitrogen and oxygen atoms in total. The standard InChI is InChI=1S/C18H25N5O2/c1-12-14(9-19-22(12)3)6-7-16(24)23-10-15-5-4-8-18(15,11-23)17-20-13(2)21-25-17/h9,15H,4-8,10-11H2,1-3H3/t15-,18-/m0/s1. The smallest absolute Gasteiger partial charge is 0.234 e. The third kappa shape index (κ3) is 2.65. The van der Waals surface area contributed by atoms with Gasteiger partial charge >= 0.3 is 0 Å². The van der Waals surface area contributed by atoms with Crippen LogP contribution in [-0.2, 0) is 23.7 Å². The molecule has 2 aromatic heterocycles. The highest BCUT2D eigenvalue weighted by molar-refractivity contribution is 5.77. The zero-order chi connectivity index (χ0) is 17.6. The van der Waals surface area contributed by atoms with Crippen molar-refractivity contribution in [1.82, 2.24) is 24.8 Å². The van der Waals surface area contributed by atoms with Gasteiger partial charge in [0.25, 0.3) is 0 Å². The summed E-state index contributed by atoms with van der Waals surface area (Å²) in [5, 5.41) is 8.23. The molecule has 0 spiro atoms. The molecule has 0 radical (unpaired) electrons. The fraction of sp³-hybridized carbons (Fsp3) is 0.667. The zero-order valence-electron chi connectivity index (χ0n) is 15.2. The van der Waals surface area contributed by atoms with E-state index in [4.69, 9.17) is 4.52 Å². The highest BCUT2D eigenvalue weighted by atomic mass is 16.5. The first-order chi connectivity index (χ1) is 12.0. The quantitative estimate of drug-likeness (QED) is 0.848. The molecule has 7 heteroatoms. The molecule has 4 rings (SSSR count). The Morgan fingerprint density at radius 1 is 1.44 bits per heavy atom. The second kappa shape index (κ2) is 5.97. The second-order valence-corrected chi connectivity index (χ2v) is 7.55. The van der Waals surface area contributed by atoms with E-state index in [1.807, 2.05) is 36.7 Å². The minimum absolute atomic E-state index is 0.124. The number of nitrogens with zero attached hydrogens (tertiary/aromatic N) is 5. The van der Waals surface area contributed by atoms with Crippen LogP contribution in [0.1, 0.15) is 48.7 Å². The summed E-state index contributed by atoms with van der Waals surface area (Å²) in [7, 11) is 1.93. The van der Waals surface area contributed by atoms with Gasteiger partial charge in [-0.15, -0.1) is 0 Å². The van der Waals surface area contributed by atoms with Crippen molar-refractivity contribution in [1.29, 1.82) is 0 Å². The van der Waals surface area contributed by atoms with Gasteiger partial charge in [0.2, 0.25) is 11.8 Å². The molecule has 0 N–H and O–H groups in total. The maximum Gasteiger partial charge on any atom is 0.234 e. The normalized spacial score (nSPS) is 25.6. The summed E-state index contributed by atoms with van der Waals surface area (Å²) >= 11 is 0. The molecule has 25 heavy (non-hydrogen) atoms. The highest BCUT2D eigenvalue weighted by Crippen LogP contribution is 2.50. The zero-order valence-corrected chi connectivity index (χ0v) is 15.2. The molecule has 1 aliphatic carbocycles. The molecule has 1 aliphatic heterocycles. The molecule has 3 heterocycles. The number of fused-ring (bicyclic) bond motifs is 1. The number of hydrogen-bond acceptors (Lipinski definition) is 5. The lowest BCUT2D eigenvalue weighted by Gasteiger charge is -2.24. The SMILES string of the molecule is Cc1noc([C@]23CCC[C@H]2CN(C(=O)CCc2cnn(C)c2C)C3)n1. The van der Waals surface area contributed by atoms with E-state index in [1.54, 1.807) is 0 Å². The summed E-state index contributed by atoms with van der Waals surface area (Å²) in [6.07, 6.45) is 6.47. The van der Waals surface area contributed by atoms with Crippen LogP contribution in [0, 0.1) is 19.8 Å². The molecule has 1 saturated heterocycles. The summed E-state index contributed by atoms with van der Waals surface area (Å²) < 4.78 is 7.37. The molecule has 134 valence electrons.